The molecule has 1 aromatic rings. The third-order valence-corrected chi connectivity index (χ3v) is 8.18. The maximum Gasteiger partial charge on any atom is 0.333 e. The molecule has 1 fully saturated rings. The number of nitrogens with zero attached hydrogens (tertiary/aromatic N) is 1. The number of hydrogen-bond acceptors (Lipinski definition) is 14. The maximum absolute atomic E-state index is 12.7. The number of rotatable bonds is 24. The molecule has 0 spiro atoms. The molecule has 4 atom stereocenters. The Morgan fingerprint density at radius 2 is 1.80 bits per heavy atom. The van der Waals surface area contributed by atoms with Crippen molar-refractivity contribution in [3.8, 4) is 11.5 Å². The number of aldehydes is 1. The van der Waals surface area contributed by atoms with Gasteiger partial charge in [0.25, 0.3) is 10.1 Å². The van der Waals surface area contributed by atoms with E-state index in [9.17, 15) is 52.0 Å². The van der Waals surface area contributed by atoms with Crippen molar-refractivity contribution < 1.29 is 75.6 Å². The summed E-state index contributed by atoms with van der Waals surface area (Å²) in [4.78, 5) is 71.3. The highest BCUT2D eigenvalue weighted by Gasteiger charge is 2.34. The number of ether oxygens (including phenoxy) is 5. The van der Waals surface area contributed by atoms with Gasteiger partial charge in [0, 0.05) is 64.0 Å². The summed E-state index contributed by atoms with van der Waals surface area (Å²) >= 11 is 0. The summed E-state index contributed by atoms with van der Waals surface area (Å²) < 4.78 is 59.8. The molecule has 5 N–H and O–H groups in total. The second kappa shape index (κ2) is 26.2. The van der Waals surface area contributed by atoms with E-state index in [1.807, 2.05) is 13.8 Å². The average Bonchev–Trinajstić information content (AvgIpc) is 3.12. The fourth-order valence-electron chi connectivity index (χ4n) is 4.80. The summed E-state index contributed by atoms with van der Waals surface area (Å²) in [5, 5.41) is 24.0. The number of aliphatic hydroxyl groups excluding tert-OH is 1. The van der Waals surface area contributed by atoms with Crippen LogP contribution < -0.4 is 20.1 Å². The van der Waals surface area contributed by atoms with Gasteiger partial charge < -0.3 is 49.4 Å². The molecule has 2 rings (SSSR count). The fourth-order valence-corrected chi connectivity index (χ4v) is 5.46. The third-order valence-electron chi connectivity index (χ3n) is 7.43. The van der Waals surface area contributed by atoms with Gasteiger partial charge in [0.05, 0.1) is 19.3 Å². The number of esters is 1. The van der Waals surface area contributed by atoms with Gasteiger partial charge in [0.1, 0.15) is 42.8 Å². The first-order valence-corrected chi connectivity index (χ1v) is 19.3. The Morgan fingerprint density at radius 3 is 2.45 bits per heavy atom. The molecule has 55 heavy (non-hydrogen) atoms. The van der Waals surface area contributed by atoms with E-state index in [1.165, 1.54) is 24.0 Å². The number of nitrogens with one attached hydrogen (secondary N) is 2. The van der Waals surface area contributed by atoms with Crippen molar-refractivity contribution in [3.05, 3.63) is 35.9 Å². The lowest BCUT2D eigenvalue weighted by Crippen LogP contribution is -2.50. The molecule has 310 valence electrons. The van der Waals surface area contributed by atoms with E-state index < -0.39 is 64.2 Å². The van der Waals surface area contributed by atoms with Gasteiger partial charge in [-0.05, 0) is 31.1 Å². The molecule has 1 aliphatic heterocycles. The predicted octanol–water partition coefficient (Wildman–Crippen LogP) is 0.763. The minimum absolute atomic E-state index is 0.0107. The molecule has 0 aliphatic carbocycles. The number of carboxylic acid groups (broad SMARTS) is 1. The Labute approximate surface area is 320 Å². The topological polar surface area (TPSA) is 271 Å². The quantitative estimate of drug-likeness (QED) is 0.0317. The number of aliphatic hydroxyl groups is 1. The first kappa shape index (κ1) is 48.4. The molecule has 0 radical (unpaired) electrons. The molecule has 0 bridgehead atoms. The lowest BCUT2D eigenvalue weighted by atomic mass is 10.1. The molecule has 0 saturated carbocycles. The summed E-state index contributed by atoms with van der Waals surface area (Å²) in [5.74, 6) is -4.15. The van der Waals surface area contributed by atoms with Crippen LogP contribution in [0.5, 0.6) is 11.5 Å². The van der Waals surface area contributed by atoms with Crippen molar-refractivity contribution in [2.75, 3.05) is 45.7 Å². The van der Waals surface area contributed by atoms with Gasteiger partial charge in [-0.1, -0.05) is 20.3 Å². The highest BCUT2D eigenvalue weighted by molar-refractivity contribution is 7.85. The van der Waals surface area contributed by atoms with E-state index in [1.54, 1.807) is 13.1 Å². The smallest absolute Gasteiger partial charge is 0.333 e. The number of benzene rings is 1. The Kier molecular flexibility index (Phi) is 23.1. The molecule has 1 aromatic carbocycles. The second-order valence-electron chi connectivity index (χ2n) is 11.9. The summed E-state index contributed by atoms with van der Waals surface area (Å²) in [6, 6.07) is 3.01. The molecule has 1 heterocycles. The van der Waals surface area contributed by atoms with Crippen LogP contribution in [0.1, 0.15) is 64.9 Å². The van der Waals surface area contributed by atoms with E-state index >= 15 is 0 Å². The Balaban J connectivity index is 0.00000743. The first-order chi connectivity index (χ1) is 26.1. The number of amides is 3. The van der Waals surface area contributed by atoms with E-state index in [4.69, 9.17) is 23.7 Å². The molecule has 4 unspecified atom stereocenters. The van der Waals surface area contributed by atoms with Crippen LogP contribution >= 0.6 is 0 Å². The number of allylic oxidation sites excluding steroid dienone is 1. The van der Waals surface area contributed by atoms with Gasteiger partial charge in [0.2, 0.25) is 24.0 Å². The number of carbonyl (C=O) groups is 6. The fraction of sp³-hybridized carbons (Fsp3) is 0.600. The molecule has 3 amide bonds. The summed E-state index contributed by atoms with van der Waals surface area (Å²) in [7, 11) is -3.07. The molecule has 1 saturated heterocycles. The van der Waals surface area contributed by atoms with Gasteiger partial charge in [-0.25, -0.2) is 4.79 Å². The molecule has 0 aromatic heterocycles. The van der Waals surface area contributed by atoms with E-state index in [0.29, 0.717) is 37.7 Å². The molecule has 1 aliphatic rings. The molecule has 19 nitrogen and oxygen atoms in total. The summed E-state index contributed by atoms with van der Waals surface area (Å²) in [6.07, 6.45) is 0.880. The van der Waals surface area contributed by atoms with E-state index in [0.717, 1.165) is 12.2 Å². The number of hydrogen-bond donors (Lipinski definition) is 5. The zero-order valence-electron chi connectivity index (χ0n) is 31.5. The Morgan fingerprint density at radius 1 is 1.07 bits per heavy atom. The zero-order chi connectivity index (χ0) is 41.4. The van der Waals surface area contributed by atoms with Crippen molar-refractivity contribution in [2.45, 2.75) is 90.4 Å². The molecular formula is C35H53N3O16S. The Hall–Kier alpha value is -4.63. The minimum atomic E-state index is -4.64. The Bertz CT molecular complexity index is 1540. The monoisotopic (exact) mass is 803 g/mol. The van der Waals surface area contributed by atoms with Crippen LogP contribution in [0.2, 0.25) is 0 Å². The van der Waals surface area contributed by atoms with Crippen molar-refractivity contribution in [3.63, 3.8) is 0 Å². The lowest BCUT2D eigenvalue weighted by molar-refractivity contribution is -0.195. The van der Waals surface area contributed by atoms with Crippen molar-refractivity contribution in [2.24, 2.45) is 0 Å². The van der Waals surface area contributed by atoms with E-state index in [2.05, 4.69) is 10.6 Å². The number of carbonyl (C=O) groups excluding carboxylic acids is 5. The molecular weight excluding hydrogens is 750 g/mol. The largest absolute Gasteiger partial charge is 0.491 e. The van der Waals surface area contributed by atoms with Crippen LogP contribution in [0.4, 0.5) is 0 Å². The van der Waals surface area contributed by atoms with Crippen LogP contribution in [0.25, 0.3) is 0 Å². The second-order valence-corrected chi connectivity index (χ2v) is 13.4. The number of unbranched alkanes of at least 4 members (excludes halogenated alkanes) is 2. The number of carboxylic acids is 1. The lowest BCUT2D eigenvalue weighted by Gasteiger charge is -2.31. The first-order valence-electron chi connectivity index (χ1n) is 17.7. The normalized spacial score (nSPS) is 17.2. The highest BCUT2D eigenvalue weighted by Crippen LogP contribution is 2.29. The van der Waals surface area contributed by atoms with Gasteiger partial charge in [0.15, 0.2) is 6.10 Å². The molecule has 20 heteroatoms. The number of likely N-dealkylation sites (N-methyl/N-ethyl adjacent to an activating group) is 1. The summed E-state index contributed by atoms with van der Waals surface area (Å²) in [6.45, 7) is 5.36. The van der Waals surface area contributed by atoms with Crippen molar-refractivity contribution in [1.82, 2.24) is 15.5 Å². The van der Waals surface area contributed by atoms with Crippen molar-refractivity contribution >= 4 is 46.1 Å². The van der Waals surface area contributed by atoms with Gasteiger partial charge >= 0.3 is 11.9 Å². The van der Waals surface area contributed by atoms with Crippen LogP contribution in [-0.2, 0) is 59.7 Å². The van der Waals surface area contributed by atoms with Crippen molar-refractivity contribution in [1.29, 1.82) is 0 Å². The van der Waals surface area contributed by atoms with E-state index in [-0.39, 0.29) is 69.6 Å². The number of aliphatic carboxylic acids is 1. The highest BCUT2D eigenvalue weighted by atomic mass is 32.2. The van der Waals surface area contributed by atoms with Crippen LogP contribution in [0, 0.1) is 0 Å². The van der Waals surface area contributed by atoms with Crippen LogP contribution in [0.15, 0.2) is 30.4 Å². The van der Waals surface area contributed by atoms with Crippen LogP contribution in [0.3, 0.4) is 0 Å². The zero-order valence-corrected chi connectivity index (χ0v) is 32.3. The standard InChI is InChI=1S/C33H47N3O16S.C2H6/c1-22(38)50-20-23-9-10-25(51-31-18-24(39)17-28(52-31)33(43)44)19-27(23)49-16-15-48-14-11-34-32(42)26(21-53(45,46)47)35-29(40)7-4-3-5-12-36(2)30(41)8-6-13-37;1-2/h6,8-10,13,19,24,26,28,31,39H,3-5,7,11-12,14-18,20-21H2,1-2H3,(H,34,42)(H,35,40)(H,43,44)(H,45,46,47);1-2H3/b8-6-;. The van der Waals surface area contributed by atoms with Gasteiger partial charge in [-0.2, -0.15) is 8.42 Å². The van der Waals surface area contributed by atoms with Gasteiger partial charge in [-0.15, -0.1) is 0 Å². The summed E-state index contributed by atoms with van der Waals surface area (Å²) in [5.41, 5.74) is 0.476. The maximum atomic E-state index is 12.7. The predicted molar refractivity (Wildman–Crippen MR) is 194 cm³/mol. The minimum Gasteiger partial charge on any atom is -0.491 e. The van der Waals surface area contributed by atoms with Gasteiger partial charge in [-0.3, -0.25) is 28.5 Å². The van der Waals surface area contributed by atoms with Crippen LogP contribution in [-0.4, -0.2) is 134 Å². The average molecular weight is 804 g/mol. The SMILES string of the molecule is CC.CC(=O)OCc1ccc(OC2CC(O)CC(C(=O)O)O2)cc1OCCOCCNC(=O)C(CS(=O)(=O)O)NC(=O)CCCCCN(C)C(=O)/C=C\C=O. The third kappa shape index (κ3) is 21.2.